The van der Waals surface area contributed by atoms with Crippen LogP contribution in [0.1, 0.15) is 64.8 Å². The van der Waals surface area contributed by atoms with Crippen molar-refractivity contribution in [1.29, 1.82) is 0 Å². The first-order valence-corrected chi connectivity index (χ1v) is 20.3. The van der Waals surface area contributed by atoms with Gasteiger partial charge in [0, 0.05) is 16.5 Å². The topological polar surface area (TPSA) is 46.0 Å². The highest BCUT2D eigenvalue weighted by Crippen LogP contribution is 2.54. The van der Waals surface area contributed by atoms with Crippen LogP contribution in [0, 0.1) is 0 Å². The van der Waals surface area contributed by atoms with Gasteiger partial charge in [-0.25, -0.2) is 9.98 Å². The summed E-state index contributed by atoms with van der Waals surface area (Å²) in [6.07, 6.45) is 10.8. The molecule has 4 heteroatoms. The number of para-hydroxylation sites is 1. The van der Waals surface area contributed by atoms with Crippen molar-refractivity contribution >= 4 is 39.3 Å². The Kier molecular flexibility index (Phi) is 8.18. The van der Waals surface area contributed by atoms with E-state index in [2.05, 4.69) is 200 Å². The summed E-state index contributed by atoms with van der Waals surface area (Å²) in [5.41, 5.74) is 14.3. The number of hydrogen-bond acceptors (Lipinski definition) is 4. The van der Waals surface area contributed by atoms with Crippen LogP contribution in [0.5, 0.6) is 5.75 Å². The van der Waals surface area contributed by atoms with Crippen molar-refractivity contribution in [3.05, 3.63) is 227 Å². The molecule has 1 aliphatic carbocycles. The summed E-state index contributed by atoms with van der Waals surface area (Å²) in [4.78, 5) is 10.7. The lowest BCUT2D eigenvalue weighted by molar-refractivity contribution is 0.242. The molecule has 0 radical (unpaired) electrons. The second-order valence-electron chi connectivity index (χ2n) is 15.8. The average molecular weight is 748 g/mol. The average Bonchev–Trinajstić information content (AvgIpc) is 3.62. The Labute approximate surface area is 339 Å². The molecule has 0 saturated carbocycles. The first kappa shape index (κ1) is 34.2. The fraction of sp³-hybridized carbons (Fsp3) is 0.111. The normalized spacial score (nSPS) is 20.4. The molecule has 0 bridgehead atoms. The number of aliphatic imine (C=N–C) groups is 2. The molecule has 11 rings (SSSR count). The molecular formula is C54H41N3O. The molecule has 0 saturated heterocycles. The Morgan fingerprint density at radius 3 is 2.10 bits per heavy atom. The molecule has 4 nitrogen and oxygen atoms in total. The minimum atomic E-state index is -0.399. The Morgan fingerprint density at radius 1 is 0.603 bits per heavy atom. The van der Waals surface area contributed by atoms with Crippen molar-refractivity contribution in [2.24, 2.45) is 9.98 Å². The molecular weight excluding hydrogens is 707 g/mol. The van der Waals surface area contributed by atoms with Gasteiger partial charge < -0.3 is 10.1 Å². The van der Waals surface area contributed by atoms with Gasteiger partial charge in [0.2, 0.25) is 0 Å². The van der Waals surface area contributed by atoms with E-state index in [4.69, 9.17) is 14.7 Å². The molecule has 0 spiro atoms. The van der Waals surface area contributed by atoms with E-state index >= 15 is 0 Å². The Balaban J connectivity index is 0.971. The van der Waals surface area contributed by atoms with Crippen molar-refractivity contribution in [3.8, 4) is 16.9 Å². The number of rotatable bonds is 6. The van der Waals surface area contributed by atoms with E-state index in [0.29, 0.717) is 0 Å². The molecule has 3 heterocycles. The lowest BCUT2D eigenvalue weighted by Gasteiger charge is -2.37. The van der Waals surface area contributed by atoms with E-state index < -0.39 is 5.41 Å². The van der Waals surface area contributed by atoms with E-state index in [-0.39, 0.29) is 12.1 Å². The quantitative estimate of drug-likeness (QED) is 0.184. The number of nitrogens with one attached hydrogen (secondary N) is 1. The molecule has 3 unspecified atom stereocenters. The number of benzene rings is 7. The van der Waals surface area contributed by atoms with Gasteiger partial charge in [-0.3, -0.25) is 0 Å². The lowest BCUT2D eigenvalue weighted by Crippen LogP contribution is -2.45. The van der Waals surface area contributed by atoms with E-state index in [1.807, 2.05) is 0 Å². The Hall–Kier alpha value is -7.04. The molecule has 278 valence electrons. The summed E-state index contributed by atoms with van der Waals surface area (Å²) in [5, 5.41) is 6.13. The maximum absolute atomic E-state index is 6.83. The maximum atomic E-state index is 6.83. The number of ether oxygens (including phenoxy) is 1. The van der Waals surface area contributed by atoms with Gasteiger partial charge in [0.1, 0.15) is 11.6 Å². The van der Waals surface area contributed by atoms with Crippen LogP contribution in [0.2, 0.25) is 0 Å². The zero-order chi connectivity index (χ0) is 38.6. The van der Waals surface area contributed by atoms with Crippen LogP contribution in [-0.4, -0.2) is 17.7 Å². The number of fused-ring (bicyclic) bond motifs is 7. The van der Waals surface area contributed by atoms with Gasteiger partial charge in [0.25, 0.3) is 0 Å². The van der Waals surface area contributed by atoms with Gasteiger partial charge in [0.15, 0.2) is 6.10 Å². The third kappa shape index (κ3) is 5.75. The largest absolute Gasteiger partial charge is 0.482 e. The summed E-state index contributed by atoms with van der Waals surface area (Å²) in [5.74, 6) is 1.75. The first-order valence-electron chi connectivity index (χ1n) is 20.3. The highest BCUT2D eigenvalue weighted by Gasteiger charge is 2.52. The van der Waals surface area contributed by atoms with Crippen molar-refractivity contribution in [3.63, 3.8) is 0 Å². The van der Waals surface area contributed by atoms with Crippen molar-refractivity contribution < 1.29 is 4.74 Å². The fourth-order valence-electron chi connectivity index (χ4n) is 9.23. The van der Waals surface area contributed by atoms with Crippen molar-refractivity contribution in [2.45, 2.75) is 37.3 Å². The SMILES string of the molecule is CC12c3ccccc3OC1C(c1ccc(C3=NC(c4ccc(C5=CC=CCC5)cc4)=CC(c4ccc(-c5ccccc5)cc4)N3)cc1)=Nc1c2ccc2ccccc12. The van der Waals surface area contributed by atoms with Crippen LogP contribution in [-0.2, 0) is 5.41 Å². The Bertz CT molecular complexity index is 2880. The fourth-order valence-corrected chi connectivity index (χ4v) is 9.23. The monoisotopic (exact) mass is 747 g/mol. The molecule has 3 aliphatic heterocycles. The molecule has 0 amide bonds. The van der Waals surface area contributed by atoms with Gasteiger partial charge in [-0.05, 0) is 81.8 Å². The molecule has 58 heavy (non-hydrogen) atoms. The van der Waals surface area contributed by atoms with Gasteiger partial charge in [-0.1, -0.05) is 176 Å². The number of hydrogen-bond donors (Lipinski definition) is 1. The summed E-state index contributed by atoms with van der Waals surface area (Å²) in [6, 6.07) is 58.4. The zero-order valence-corrected chi connectivity index (χ0v) is 32.3. The van der Waals surface area contributed by atoms with Gasteiger partial charge in [-0.2, -0.15) is 0 Å². The third-order valence-electron chi connectivity index (χ3n) is 12.4. The first-order chi connectivity index (χ1) is 28.6. The smallest absolute Gasteiger partial charge is 0.155 e. The summed E-state index contributed by atoms with van der Waals surface area (Å²) in [6.45, 7) is 2.32. The molecule has 0 aromatic heterocycles. The van der Waals surface area contributed by atoms with Crippen LogP contribution < -0.4 is 10.1 Å². The molecule has 7 aromatic carbocycles. The van der Waals surface area contributed by atoms with Crippen LogP contribution >= 0.6 is 0 Å². The van der Waals surface area contributed by atoms with E-state index in [0.717, 1.165) is 63.6 Å². The van der Waals surface area contributed by atoms with Crippen LogP contribution in [0.25, 0.3) is 33.2 Å². The Morgan fingerprint density at radius 2 is 1.29 bits per heavy atom. The summed E-state index contributed by atoms with van der Waals surface area (Å²) >= 11 is 0. The van der Waals surface area contributed by atoms with Crippen LogP contribution in [0.15, 0.2) is 198 Å². The lowest BCUT2D eigenvalue weighted by atomic mass is 9.68. The van der Waals surface area contributed by atoms with E-state index in [1.54, 1.807) is 0 Å². The second kappa shape index (κ2) is 13.9. The van der Waals surface area contributed by atoms with E-state index in [1.165, 1.54) is 44.3 Å². The molecule has 7 aromatic rings. The van der Waals surface area contributed by atoms with Gasteiger partial charge >= 0.3 is 0 Å². The third-order valence-corrected chi connectivity index (χ3v) is 12.4. The number of nitrogens with zero attached hydrogens (tertiary/aromatic N) is 2. The molecule has 1 N–H and O–H groups in total. The zero-order valence-electron chi connectivity index (χ0n) is 32.3. The minimum Gasteiger partial charge on any atom is -0.482 e. The maximum Gasteiger partial charge on any atom is 0.155 e. The standard InChI is InChI=1S/C54H41N3O/c1-54-45-18-10-11-19-49(45)58-52(54)50(57-51-44-17-9-8-16-39(44)32-33-46(51)54)42-28-30-43(31-29-42)53-55-47(40-24-20-37(21-25-40)35-12-4-2-5-13-35)34-48(56-53)41-26-22-38(23-27-41)36-14-6-3-7-15-36/h2-6,8-14,16-34,47,52H,7,15H2,1H3,(H,55,56). The minimum absolute atomic E-state index is 0.0727. The summed E-state index contributed by atoms with van der Waals surface area (Å²) in [7, 11) is 0. The second-order valence-corrected chi connectivity index (χ2v) is 15.8. The van der Waals surface area contributed by atoms with Crippen LogP contribution in [0.3, 0.4) is 0 Å². The predicted octanol–water partition coefficient (Wildman–Crippen LogP) is 12.6. The van der Waals surface area contributed by atoms with Crippen molar-refractivity contribution in [1.82, 2.24) is 5.32 Å². The highest BCUT2D eigenvalue weighted by atomic mass is 16.5. The highest BCUT2D eigenvalue weighted by molar-refractivity contribution is 6.12. The molecule has 3 atom stereocenters. The number of allylic oxidation sites excluding steroid dienone is 4. The van der Waals surface area contributed by atoms with Gasteiger partial charge in [0.05, 0.1) is 28.6 Å². The summed E-state index contributed by atoms with van der Waals surface area (Å²) < 4.78 is 6.83. The molecule has 0 fully saturated rings. The predicted molar refractivity (Wildman–Crippen MR) is 239 cm³/mol. The van der Waals surface area contributed by atoms with Gasteiger partial charge in [-0.15, -0.1) is 0 Å². The van der Waals surface area contributed by atoms with Crippen molar-refractivity contribution in [2.75, 3.05) is 0 Å². The van der Waals surface area contributed by atoms with E-state index in [9.17, 15) is 0 Å². The molecule has 4 aliphatic rings. The number of amidine groups is 1. The van der Waals surface area contributed by atoms with Crippen LogP contribution in [0.4, 0.5) is 5.69 Å².